The molecule has 0 aromatic carbocycles. The predicted molar refractivity (Wildman–Crippen MR) is 134 cm³/mol. The Morgan fingerprint density at radius 2 is 2.00 bits per heavy atom. The molecule has 0 atom stereocenters. The van der Waals surface area contributed by atoms with Crippen molar-refractivity contribution in [2.75, 3.05) is 13.1 Å². The van der Waals surface area contributed by atoms with Gasteiger partial charge in [0.25, 0.3) is 0 Å². The van der Waals surface area contributed by atoms with E-state index >= 15 is 0 Å². The first-order valence-corrected chi connectivity index (χ1v) is 12.2. The highest BCUT2D eigenvalue weighted by Gasteiger charge is 2.34. The first-order chi connectivity index (χ1) is 14.9. The number of hydrogen-bond donors (Lipinski definition) is 3. The van der Waals surface area contributed by atoms with E-state index in [1.165, 1.54) is 51.8 Å². The van der Waals surface area contributed by atoms with Gasteiger partial charge in [-0.25, -0.2) is 9.98 Å². The minimum Gasteiger partial charge on any atom is -0.390 e. The fourth-order valence-corrected chi connectivity index (χ4v) is 6.39. The SMILES string of the molecule is CCNCC1CC(c2sc3[nH]c(-c4cnc(N=CN)c(C)c4C)c(C(C)C)c3c2C)C1. The van der Waals surface area contributed by atoms with E-state index in [1.54, 1.807) is 4.88 Å². The summed E-state index contributed by atoms with van der Waals surface area (Å²) in [6.07, 6.45) is 5.88. The van der Waals surface area contributed by atoms with Gasteiger partial charge in [-0.3, -0.25) is 0 Å². The normalized spacial score (nSPS) is 19.1. The number of fused-ring (bicyclic) bond motifs is 1. The van der Waals surface area contributed by atoms with Crippen LogP contribution in [0.2, 0.25) is 0 Å². The van der Waals surface area contributed by atoms with Gasteiger partial charge in [0.05, 0.1) is 12.0 Å². The van der Waals surface area contributed by atoms with Gasteiger partial charge in [0.1, 0.15) is 4.83 Å². The molecule has 4 N–H and O–H groups in total. The van der Waals surface area contributed by atoms with Crippen LogP contribution in [-0.4, -0.2) is 29.4 Å². The van der Waals surface area contributed by atoms with Gasteiger partial charge in [-0.05, 0) is 86.7 Å². The molecule has 6 heteroatoms. The lowest BCUT2D eigenvalue weighted by Gasteiger charge is -2.35. The fourth-order valence-electron chi connectivity index (χ4n) is 5.04. The Labute approximate surface area is 189 Å². The maximum Gasteiger partial charge on any atom is 0.156 e. The lowest BCUT2D eigenvalue weighted by molar-refractivity contribution is 0.258. The Hall–Kier alpha value is -2.18. The molecule has 0 saturated heterocycles. The summed E-state index contributed by atoms with van der Waals surface area (Å²) in [7, 11) is 0. The van der Waals surface area contributed by atoms with E-state index in [4.69, 9.17) is 5.73 Å². The third-order valence-electron chi connectivity index (χ3n) is 6.91. The highest BCUT2D eigenvalue weighted by Crippen LogP contribution is 2.50. The average molecular weight is 438 g/mol. The molecule has 0 unspecified atom stereocenters. The van der Waals surface area contributed by atoms with E-state index in [1.807, 2.05) is 17.5 Å². The van der Waals surface area contributed by atoms with E-state index in [0.29, 0.717) is 11.7 Å². The summed E-state index contributed by atoms with van der Waals surface area (Å²) in [5.74, 6) is 2.67. The van der Waals surface area contributed by atoms with Crippen molar-refractivity contribution in [1.29, 1.82) is 0 Å². The standard InChI is InChI=1S/C25H35N5S/c1-7-27-10-17-8-18(9-17)23-16(6)21-20(13(2)3)22(30-25(21)31-23)19-11-28-24(29-12-26)15(5)14(19)4/h11-13,17-18,27,30H,7-10H2,1-6H3,(H2,26,28,29). The number of rotatable bonds is 7. The highest BCUT2D eigenvalue weighted by molar-refractivity contribution is 7.19. The van der Waals surface area contributed by atoms with E-state index in [0.717, 1.165) is 36.1 Å². The molecule has 0 amide bonds. The van der Waals surface area contributed by atoms with Gasteiger partial charge < -0.3 is 16.0 Å². The zero-order chi connectivity index (χ0) is 22.3. The van der Waals surface area contributed by atoms with E-state index in [2.05, 4.69) is 61.8 Å². The Bertz CT molecular complexity index is 1120. The number of aryl methyl sites for hydroxylation is 1. The molecule has 166 valence electrons. The minimum absolute atomic E-state index is 0.425. The number of pyridine rings is 1. The topological polar surface area (TPSA) is 79.1 Å². The number of aromatic amines is 1. The minimum atomic E-state index is 0.425. The first-order valence-electron chi connectivity index (χ1n) is 11.4. The summed E-state index contributed by atoms with van der Waals surface area (Å²) in [6, 6.07) is 0. The fraction of sp³-hybridized carbons (Fsp3) is 0.520. The molecule has 1 fully saturated rings. The van der Waals surface area contributed by atoms with Gasteiger partial charge in [-0.2, -0.15) is 0 Å². The van der Waals surface area contributed by atoms with Gasteiger partial charge in [-0.15, -0.1) is 11.3 Å². The second-order valence-corrected chi connectivity index (χ2v) is 10.3. The maximum atomic E-state index is 5.49. The molecule has 0 bridgehead atoms. The van der Waals surface area contributed by atoms with Crippen LogP contribution in [0.1, 0.15) is 72.6 Å². The van der Waals surface area contributed by atoms with Crippen molar-refractivity contribution in [3.63, 3.8) is 0 Å². The predicted octanol–water partition coefficient (Wildman–Crippen LogP) is 6.06. The van der Waals surface area contributed by atoms with Gasteiger partial charge >= 0.3 is 0 Å². The summed E-state index contributed by atoms with van der Waals surface area (Å²) < 4.78 is 0. The van der Waals surface area contributed by atoms with Gasteiger partial charge in [0.2, 0.25) is 0 Å². The molecular formula is C25H35N5S. The van der Waals surface area contributed by atoms with Gasteiger partial charge in [-0.1, -0.05) is 20.8 Å². The summed E-state index contributed by atoms with van der Waals surface area (Å²) in [4.78, 5) is 15.5. The van der Waals surface area contributed by atoms with E-state index in [9.17, 15) is 0 Å². The van der Waals surface area contributed by atoms with Crippen LogP contribution in [0.25, 0.3) is 21.5 Å². The van der Waals surface area contributed by atoms with Crippen molar-refractivity contribution in [1.82, 2.24) is 15.3 Å². The third-order valence-corrected chi connectivity index (χ3v) is 8.28. The molecular weight excluding hydrogens is 402 g/mol. The van der Waals surface area contributed by atoms with Crippen molar-refractivity contribution in [2.45, 2.75) is 66.2 Å². The molecule has 4 rings (SSSR count). The highest BCUT2D eigenvalue weighted by atomic mass is 32.1. The second kappa shape index (κ2) is 8.75. The van der Waals surface area contributed by atoms with Gasteiger partial charge in [0, 0.05) is 22.0 Å². The van der Waals surface area contributed by atoms with Crippen LogP contribution < -0.4 is 11.1 Å². The number of H-pyrrole nitrogens is 1. The second-order valence-electron chi connectivity index (χ2n) is 9.23. The van der Waals surface area contributed by atoms with Crippen molar-refractivity contribution < 1.29 is 0 Å². The summed E-state index contributed by atoms with van der Waals surface area (Å²) in [5.41, 5.74) is 13.0. The number of nitrogens with zero attached hydrogens (tertiary/aromatic N) is 2. The molecule has 1 saturated carbocycles. The monoisotopic (exact) mass is 437 g/mol. The summed E-state index contributed by atoms with van der Waals surface area (Å²) in [6.45, 7) is 15.5. The molecule has 0 spiro atoms. The quantitative estimate of drug-likeness (QED) is 0.310. The molecule has 3 aromatic heterocycles. The van der Waals surface area contributed by atoms with Crippen molar-refractivity contribution in [2.24, 2.45) is 16.6 Å². The van der Waals surface area contributed by atoms with Crippen LogP contribution in [-0.2, 0) is 0 Å². The lowest BCUT2D eigenvalue weighted by Crippen LogP contribution is -2.31. The van der Waals surface area contributed by atoms with E-state index in [-0.39, 0.29) is 0 Å². The zero-order valence-corrected chi connectivity index (χ0v) is 20.4. The zero-order valence-electron chi connectivity index (χ0n) is 19.6. The summed E-state index contributed by atoms with van der Waals surface area (Å²) >= 11 is 1.97. The lowest BCUT2D eigenvalue weighted by atomic mass is 9.73. The smallest absolute Gasteiger partial charge is 0.156 e. The first kappa shape index (κ1) is 22.0. The Balaban J connectivity index is 1.74. The molecule has 0 radical (unpaired) electrons. The number of nitrogens with one attached hydrogen (secondary N) is 2. The largest absolute Gasteiger partial charge is 0.390 e. The Kier molecular flexibility index (Phi) is 6.22. The van der Waals surface area contributed by atoms with Gasteiger partial charge in [0.15, 0.2) is 5.82 Å². The average Bonchev–Trinajstić information content (AvgIpc) is 3.22. The van der Waals surface area contributed by atoms with Crippen LogP contribution in [0.5, 0.6) is 0 Å². The number of thiophene rings is 1. The van der Waals surface area contributed by atoms with Crippen LogP contribution in [0.15, 0.2) is 11.2 Å². The molecule has 31 heavy (non-hydrogen) atoms. The molecule has 3 aromatic rings. The Morgan fingerprint density at radius 3 is 2.65 bits per heavy atom. The van der Waals surface area contributed by atoms with Crippen LogP contribution in [0.3, 0.4) is 0 Å². The molecule has 1 aliphatic rings. The van der Waals surface area contributed by atoms with Crippen LogP contribution in [0, 0.1) is 26.7 Å². The summed E-state index contributed by atoms with van der Waals surface area (Å²) in [5, 5.41) is 4.94. The van der Waals surface area contributed by atoms with E-state index < -0.39 is 0 Å². The van der Waals surface area contributed by atoms with Crippen molar-refractivity contribution in [3.8, 4) is 11.3 Å². The molecule has 5 nitrogen and oxygen atoms in total. The van der Waals surface area contributed by atoms with Crippen molar-refractivity contribution >= 4 is 33.7 Å². The number of aromatic nitrogens is 2. The maximum absolute atomic E-state index is 5.49. The van der Waals surface area contributed by atoms with Crippen molar-refractivity contribution in [3.05, 3.63) is 33.3 Å². The number of aliphatic imine (C=N–C) groups is 1. The van der Waals surface area contributed by atoms with Crippen LogP contribution >= 0.6 is 11.3 Å². The molecule has 1 aliphatic carbocycles. The Morgan fingerprint density at radius 1 is 1.26 bits per heavy atom. The number of hydrogen-bond acceptors (Lipinski definition) is 4. The van der Waals surface area contributed by atoms with Crippen LogP contribution in [0.4, 0.5) is 5.82 Å². The molecule has 3 heterocycles. The third kappa shape index (κ3) is 3.80. The molecule has 0 aliphatic heterocycles. The number of nitrogens with two attached hydrogens (primary N) is 1.